The molecule has 0 saturated carbocycles. The van der Waals surface area contributed by atoms with Crippen LogP contribution >= 0.6 is 0 Å². The number of esters is 1. The van der Waals surface area contributed by atoms with E-state index >= 15 is 0 Å². The fourth-order valence-corrected chi connectivity index (χ4v) is 2.40. The van der Waals surface area contributed by atoms with Gasteiger partial charge in [0.2, 0.25) is 0 Å². The van der Waals surface area contributed by atoms with Gasteiger partial charge in [-0.15, -0.1) is 0 Å². The number of nitrogens with zero attached hydrogens (tertiary/aromatic N) is 2. The number of benzene rings is 1. The Hall–Kier alpha value is -3.09. The van der Waals surface area contributed by atoms with Gasteiger partial charge in [-0.3, -0.25) is 14.6 Å². The third kappa shape index (κ3) is 5.20. The fraction of sp³-hybridized carbons (Fsp3) is 0.316. The Labute approximate surface area is 152 Å². The number of carbonyl (C=O) groups excluding carboxylic acids is 2. The maximum absolute atomic E-state index is 13.0. The van der Waals surface area contributed by atoms with Gasteiger partial charge in [-0.2, -0.15) is 0 Å². The van der Waals surface area contributed by atoms with Crippen molar-refractivity contribution < 1.29 is 23.8 Å². The Kier molecular flexibility index (Phi) is 6.96. The minimum absolute atomic E-state index is 0.106. The number of hydrogen-bond acceptors (Lipinski definition) is 6. The van der Waals surface area contributed by atoms with E-state index in [9.17, 15) is 9.59 Å². The van der Waals surface area contributed by atoms with Gasteiger partial charge >= 0.3 is 5.97 Å². The zero-order valence-corrected chi connectivity index (χ0v) is 15.1. The van der Waals surface area contributed by atoms with Gasteiger partial charge in [-0.25, -0.2) is 0 Å². The highest BCUT2D eigenvalue weighted by molar-refractivity contribution is 5.95. The molecule has 138 valence electrons. The Morgan fingerprint density at radius 2 is 1.62 bits per heavy atom. The quantitative estimate of drug-likeness (QED) is 0.674. The van der Waals surface area contributed by atoms with Crippen LogP contribution in [-0.4, -0.2) is 49.6 Å². The molecule has 0 atom stereocenters. The predicted molar refractivity (Wildman–Crippen MR) is 95.2 cm³/mol. The summed E-state index contributed by atoms with van der Waals surface area (Å²) >= 11 is 0. The maximum Gasteiger partial charge on any atom is 0.307 e. The molecule has 1 aromatic heterocycles. The second-order valence-corrected chi connectivity index (χ2v) is 5.51. The molecule has 2 rings (SSSR count). The van der Waals surface area contributed by atoms with Crippen LogP contribution in [0.5, 0.6) is 11.5 Å². The van der Waals surface area contributed by atoms with Crippen molar-refractivity contribution in [3.8, 4) is 11.5 Å². The van der Waals surface area contributed by atoms with E-state index in [0.29, 0.717) is 23.6 Å². The van der Waals surface area contributed by atoms with Crippen LogP contribution in [0.15, 0.2) is 42.7 Å². The molecule has 0 aliphatic rings. The molecule has 0 fully saturated rings. The zero-order valence-electron chi connectivity index (χ0n) is 15.1. The Balaban J connectivity index is 2.27. The van der Waals surface area contributed by atoms with Gasteiger partial charge in [-0.05, 0) is 29.8 Å². The maximum atomic E-state index is 13.0. The Morgan fingerprint density at radius 3 is 2.15 bits per heavy atom. The van der Waals surface area contributed by atoms with Crippen LogP contribution in [0.25, 0.3) is 0 Å². The van der Waals surface area contributed by atoms with Gasteiger partial charge in [0.25, 0.3) is 5.91 Å². The SMILES string of the molecule is COC(=O)CCN(Cc1ccncc1)C(=O)c1cc(OC)cc(OC)c1. The summed E-state index contributed by atoms with van der Waals surface area (Å²) in [6.07, 6.45) is 3.42. The van der Waals surface area contributed by atoms with Crippen LogP contribution in [0.1, 0.15) is 22.3 Å². The lowest BCUT2D eigenvalue weighted by molar-refractivity contribution is -0.140. The van der Waals surface area contributed by atoms with E-state index in [1.54, 1.807) is 35.5 Å². The molecule has 1 aromatic carbocycles. The van der Waals surface area contributed by atoms with Crippen molar-refractivity contribution in [3.05, 3.63) is 53.9 Å². The first kappa shape index (κ1) is 19.2. The molecule has 2 aromatic rings. The van der Waals surface area contributed by atoms with E-state index in [1.807, 2.05) is 12.1 Å². The summed E-state index contributed by atoms with van der Waals surface area (Å²) in [4.78, 5) is 30.1. The van der Waals surface area contributed by atoms with E-state index < -0.39 is 0 Å². The summed E-state index contributed by atoms with van der Waals surface area (Å²) in [5.74, 6) is 0.428. The van der Waals surface area contributed by atoms with Gasteiger partial charge in [0.05, 0.1) is 27.8 Å². The number of methoxy groups -OCH3 is 3. The molecule has 0 unspecified atom stereocenters. The monoisotopic (exact) mass is 358 g/mol. The molecule has 0 aliphatic carbocycles. The topological polar surface area (TPSA) is 78.0 Å². The lowest BCUT2D eigenvalue weighted by atomic mass is 10.1. The number of hydrogen-bond donors (Lipinski definition) is 0. The molecule has 0 aliphatic heterocycles. The molecular formula is C19H22N2O5. The van der Waals surface area contributed by atoms with Gasteiger partial charge in [0, 0.05) is 37.1 Å². The average molecular weight is 358 g/mol. The van der Waals surface area contributed by atoms with E-state index in [2.05, 4.69) is 9.72 Å². The minimum atomic E-state index is -0.374. The van der Waals surface area contributed by atoms with Crippen LogP contribution in [0, 0.1) is 0 Å². The second-order valence-electron chi connectivity index (χ2n) is 5.51. The molecule has 0 bridgehead atoms. The lowest BCUT2D eigenvalue weighted by Gasteiger charge is -2.23. The van der Waals surface area contributed by atoms with Crippen molar-refractivity contribution in [1.82, 2.24) is 9.88 Å². The summed E-state index contributed by atoms with van der Waals surface area (Å²) in [6.45, 7) is 0.575. The summed E-state index contributed by atoms with van der Waals surface area (Å²) in [5, 5.41) is 0. The predicted octanol–water partition coefficient (Wildman–Crippen LogP) is 2.30. The van der Waals surface area contributed by atoms with Crippen LogP contribution in [-0.2, 0) is 16.1 Å². The summed E-state index contributed by atoms with van der Waals surface area (Å²) in [6, 6.07) is 8.62. The van der Waals surface area contributed by atoms with Gasteiger partial charge in [-0.1, -0.05) is 0 Å². The summed E-state index contributed by atoms with van der Waals surface area (Å²) < 4.78 is 15.1. The number of amides is 1. The molecule has 7 nitrogen and oxygen atoms in total. The van der Waals surface area contributed by atoms with Crippen LogP contribution in [0.4, 0.5) is 0 Å². The normalized spacial score (nSPS) is 10.1. The molecular weight excluding hydrogens is 336 g/mol. The number of aromatic nitrogens is 1. The number of ether oxygens (including phenoxy) is 3. The van der Waals surface area contributed by atoms with E-state index in [0.717, 1.165) is 5.56 Å². The van der Waals surface area contributed by atoms with Crippen molar-refractivity contribution >= 4 is 11.9 Å². The van der Waals surface area contributed by atoms with Crippen LogP contribution < -0.4 is 9.47 Å². The molecule has 0 saturated heterocycles. The molecule has 0 radical (unpaired) electrons. The van der Waals surface area contributed by atoms with Crippen molar-refractivity contribution in [3.63, 3.8) is 0 Å². The molecule has 1 heterocycles. The van der Waals surface area contributed by atoms with Crippen molar-refractivity contribution in [2.75, 3.05) is 27.9 Å². The largest absolute Gasteiger partial charge is 0.497 e. The van der Waals surface area contributed by atoms with Crippen molar-refractivity contribution in [2.24, 2.45) is 0 Å². The lowest BCUT2D eigenvalue weighted by Crippen LogP contribution is -2.32. The third-order valence-corrected chi connectivity index (χ3v) is 3.82. The molecule has 26 heavy (non-hydrogen) atoms. The zero-order chi connectivity index (χ0) is 18.9. The molecule has 7 heteroatoms. The summed E-state index contributed by atoms with van der Waals surface area (Å²) in [7, 11) is 4.37. The van der Waals surface area contributed by atoms with Gasteiger partial charge < -0.3 is 19.1 Å². The van der Waals surface area contributed by atoms with E-state index in [-0.39, 0.29) is 24.8 Å². The third-order valence-electron chi connectivity index (χ3n) is 3.82. The molecule has 0 N–H and O–H groups in total. The standard InChI is InChI=1S/C19H22N2O5/c1-24-16-10-15(11-17(12-16)25-2)19(23)21(9-6-18(22)26-3)13-14-4-7-20-8-5-14/h4-5,7-8,10-12H,6,9,13H2,1-3H3. The van der Waals surface area contributed by atoms with E-state index in [1.165, 1.54) is 21.3 Å². The van der Waals surface area contributed by atoms with Crippen molar-refractivity contribution in [1.29, 1.82) is 0 Å². The Morgan fingerprint density at radius 1 is 1.00 bits per heavy atom. The smallest absolute Gasteiger partial charge is 0.307 e. The highest BCUT2D eigenvalue weighted by Crippen LogP contribution is 2.24. The van der Waals surface area contributed by atoms with Gasteiger partial charge in [0.1, 0.15) is 11.5 Å². The molecule has 1 amide bonds. The molecule has 0 spiro atoms. The fourth-order valence-electron chi connectivity index (χ4n) is 2.40. The van der Waals surface area contributed by atoms with Gasteiger partial charge in [0.15, 0.2) is 0 Å². The number of pyridine rings is 1. The van der Waals surface area contributed by atoms with E-state index in [4.69, 9.17) is 9.47 Å². The first-order valence-corrected chi connectivity index (χ1v) is 8.05. The number of rotatable bonds is 8. The van der Waals surface area contributed by atoms with Crippen molar-refractivity contribution in [2.45, 2.75) is 13.0 Å². The minimum Gasteiger partial charge on any atom is -0.497 e. The summed E-state index contributed by atoms with van der Waals surface area (Å²) in [5.41, 5.74) is 1.33. The average Bonchev–Trinajstić information content (AvgIpc) is 2.70. The van der Waals surface area contributed by atoms with Crippen LogP contribution in [0.2, 0.25) is 0 Å². The first-order chi connectivity index (χ1) is 12.6. The highest BCUT2D eigenvalue weighted by atomic mass is 16.5. The highest BCUT2D eigenvalue weighted by Gasteiger charge is 2.19. The second kappa shape index (κ2) is 9.41. The first-order valence-electron chi connectivity index (χ1n) is 8.05. The Bertz CT molecular complexity index is 727. The number of carbonyl (C=O) groups is 2. The van der Waals surface area contributed by atoms with Crippen LogP contribution in [0.3, 0.4) is 0 Å².